The van der Waals surface area contributed by atoms with Crippen LogP contribution in [0.25, 0.3) is 0 Å². The lowest BCUT2D eigenvalue weighted by Crippen LogP contribution is -2.25. The van der Waals surface area contributed by atoms with Gasteiger partial charge in [-0.1, -0.05) is 38.1 Å². The highest BCUT2D eigenvalue weighted by Gasteiger charge is 2.07. The summed E-state index contributed by atoms with van der Waals surface area (Å²) in [6.45, 7) is 4.90. The van der Waals surface area contributed by atoms with Gasteiger partial charge in [-0.15, -0.1) is 24.0 Å². The van der Waals surface area contributed by atoms with Gasteiger partial charge in [-0.25, -0.2) is 13.4 Å². The van der Waals surface area contributed by atoms with Gasteiger partial charge in [-0.05, 0) is 36.1 Å². The van der Waals surface area contributed by atoms with Crippen LogP contribution in [-0.2, 0) is 22.9 Å². The molecule has 0 aliphatic heterocycles. The molecule has 0 saturated carbocycles. The third-order valence-corrected chi connectivity index (χ3v) is 4.64. The molecule has 2 rings (SSSR count). The van der Waals surface area contributed by atoms with E-state index in [1.54, 1.807) is 24.3 Å². The summed E-state index contributed by atoms with van der Waals surface area (Å²) < 4.78 is 30.6. The number of hydrogen-bond acceptors (Lipinski definition) is 4. The zero-order chi connectivity index (χ0) is 20.6. The first-order valence-electron chi connectivity index (χ1n) is 9.20. The molecule has 2 aromatic rings. The average molecular weight is 532 g/mol. The Bertz CT molecular complexity index is 911. The number of anilines is 2. The van der Waals surface area contributed by atoms with Gasteiger partial charge in [0.1, 0.15) is 12.4 Å². The van der Waals surface area contributed by atoms with E-state index in [2.05, 4.69) is 47.1 Å². The molecule has 9 heteroatoms. The molecule has 0 unspecified atom stereocenters. The van der Waals surface area contributed by atoms with Gasteiger partial charge >= 0.3 is 0 Å². The molecule has 0 amide bonds. The van der Waals surface area contributed by atoms with Crippen molar-refractivity contribution in [2.24, 2.45) is 10.7 Å². The van der Waals surface area contributed by atoms with Gasteiger partial charge in [0.2, 0.25) is 10.0 Å². The fourth-order valence-corrected chi connectivity index (χ4v) is 3.32. The Morgan fingerprint density at radius 3 is 2.31 bits per heavy atom. The Hall–Kier alpha value is -2.01. The van der Waals surface area contributed by atoms with Gasteiger partial charge in [0.05, 0.1) is 18.5 Å². The zero-order valence-corrected chi connectivity index (χ0v) is 20.1. The maximum absolute atomic E-state index is 11.3. The molecular formula is C20H29IN4O3S. The number of nitrogens with two attached hydrogens (primary N) is 1. The molecule has 0 atom stereocenters. The van der Waals surface area contributed by atoms with Crippen molar-refractivity contribution >= 4 is 51.3 Å². The molecule has 4 N–H and O–H groups in total. The molecule has 0 aromatic heterocycles. The number of halogens is 1. The first kappa shape index (κ1) is 25.0. The van der Waals surface area contributed by atoms with Crippen LogP contribution in [0.15, 0.2) is 47.5 Å². The summed E-state index contributed by atoms with van der Waals surface area (Å²) in [5, 5.41) is 3.21. The van der Waals surface area contributed by atoms with E-state index in [-0.39, 0.29) is 24.0 Å². The number of aliphatic imine (C=N–C) groups is 1. The fourth-order valence-electron chi connectivity index (χ4n) is 2.76. The molecule has 0 saturated heterocycles. The van der Waals surface area contributed by atoms with Crippen molar-refractivity contribution in [1.82, 2.24) is 0 Å². The van der Waals surface area contributed by atoms with Crippen LogP contribution in [0, 0.1) is 0 Å². The number of hydrogen-bond donors (Lipinski definition) is 3. The minimum atomic E-state index is -3.32. The fraction of sp³-hybridized carbons (Fsp3) is 0.350. The molecule has 0 spiro atoms. The minimum Gasteiger partial charge on any atom is -0.492 e. The summed E-state index contributed by atoms with van der Waals surface area (Å²) in [6.07, 6.45) is 2.92. The number of para-hydroxylation sites is 1. The summed E-state index contributed by atoms with van der Waals surface area (Å²) in [4.78, 5) is 4.31. The first-order valence-corrected chi connectivity index (χ1v) is 11.1. The van der Waals surface area contributed by atoms with Crippen LogP contribution < -0.4 is 20.5 Å². The summed E-state index contributed by atoms with van der Waals surface area (Å²) in [5.74, 6) is 0.895. The number of nitrogens with one attached hydrogen (secondary N) is 2. The minimum absolute atomic E-state index is 0. The maximum Gasteiger partial charge on any atom is 0.229 e. The van der Waals surface area contributed by atoms with Crippen LogP contribution >= 0.6 is 24.0 Å². The van der Waals surface area contributed by atoms with Crippen LogP contribution in [0.4, 0.5) is 11.4 Å². The number of sulfonamides is 1. The normalized spacial score (nSPS) is 11.5. The molecule has 0 radical (unpaired) electrons. The number of benzene rings is 2. The van der Waals surface area contributed by atoms with Crippen molar-refractivity contribution in [2.45, 2.75) is 26.7 Å². The SMILES string of the molecule is CCc1cccc(CC)c1NC(N)=NCCOc1cccc(NS(C)(=O)=O)c1.I. The highest BCUT2D eigenvalue weighted by Crippen LogP contribution is 2.22. The predicted molar refractivity (Wildman–Crippen MR) is 131 cm³/mol. The Morgan fingerprint density at radius 2 is 1.72 bits per heavy atom. The molecule has 7 nitrogen and oxygen atoms in total. The van der Waals surface area contributed by atoms with Crippen molar-refractivity contribution in [3.8, 4) is 5.75 Å². The van der Waals surface area contributed by atoms with Crippen molar-refractivity contribution in [1.29, 1.82) is 0 Å². The predicted octanol–water partition coefficient (Wildman–Crippen LogP) is 3.61. The van der Waals surface area contributed by atoms with Crippen molar-refractivity contribution in [3.63, 3.8) is 0 Å². The summed E-state index contributed by atoms with van der Waals surface area (Å²) in [5.41, 5.74) is 9.90. The zero-order valence-electron chi connectivity index (χ0n) is 16.9. The van der Waals surface area contributed by atoms with E-state index in [4.69, 9.17) is 10.5 Å². The van der Waals surface area contributed by atoms with Crippen LogP contribution in [0.3, 0.4) is 0 Å². The quantitative estimate of drug-likeness (QED) is 0.198. The number of ether oxygens (including phenoxy) is 1. The van der Waals surface area contributed by atoms with Crippen LogP contribution in [-0.4, -0.2) is 33.8 Å². The molecule has 0 aliphatic rings. The molecule has 160 valence electrons. The third-order valence-electron chi connectivity index (χ3n) is 4.03. The smallest absolute Gasteiger partial charge is 0.229 e. The highest BCUT2D eigenvalue weighted by molar-refractivity contribution is 14.0. The van der Waals surface area contributed by atoms with Crippen LogP contribution in [0.1, 0.15) is 25.0 Å². The monoisotopic (exact) mass is 532 g/mol. The van der Waals surface area contributed by atoms with E-state index in [9.17, 15) is 8.42 Å². The van der Waals surface area contributed by atoms with Crippen molar-refractivity contribution in [3.05, 3.63) is 53.6 Å². The lowest BCUT2D eigenvalue weighted by Gasteiger charge is -2.15. The topological polar surface area (TPSA) is 106 Å². The molecule has 29 heavy (non-hydrogen) atoms. The molecule has 2 aromatic carbocycles. The average Bonchev–Trinajstić information content (AvgIpc) is 2.64. The van der Waals surface area contributed by atoms with E-state index in [1.807, 2.05) is 0 Å². The second kappa shape index (κ2) is 11.9. The van der Waals surface area contributed by atoms with Gasteiger partial charge in [0.25, 0.3) is 0 Å². The first-order chi connectivity index (χ1) is 13.3. The van der Waals surface area contributed by atoms with Crippen LogP contribution in [0.2, 0.25) is 0 Å². The third kappa shape index (κ3) is 8.48. The number of guanidine groups is 1. The largest absolute Gasteiger partial charge is 0.492 e. The second-order valence-corrected chi connectivity index (χ2v) is 8.05. The maximum atomic E-state index is 11.3. The number of nitrogens with zero attached hydrogens (tertiary/aromatic N) is 1. The molecule has 0 aliphatic carbocycles. The highest BCUT2D eigenvalue weighted by atomic mass is 127. The molecule has 0 heterocycles. The molecule has 0 fully saturated rings. The van der Waals surface area contributed by atoms with E-state index in [0.717, 1.165) is 24.8 Å². The van der Waals surface area contributed by atoms with Crippen molar-refractivity contribution in [2.75, 3.05) is 29.4 Å². The Kier molecular flexibility index (Phi) is 10.2. The van der Waals surface area contributed by atoms with Gasteiger partial charge in [-0.3, -0.25) is 4.72 Å². The molecule has 0 bridgehead atoms. The number of rotatable bonds is 9. The van der Waals surface area contributed by atoms with E-state index in [1.165, 1.54) is 11.1 Å². The Morgan fingerprint density at radius 1 is 1.10 bits per heavy atom. The Labute approximate surface area is 190 Å². The van der Waals surface area contributed by atoms with Crippen molar-refractivity contribution < 1.29 is 13.2 Å². The lowest BCUT2D eigenvalue weighted by molar-refractivity contribution is 0.329. The van der Waals surface area contributed by atoms with E-state index >= 15 is 0 Å². The van der Waals surface area contributed by atoms with Gasteiger partial charge in [0.15, 0.2) is 5.96 Å². The van der Waals surface area contributed by atoms with Gasteiger partial charge < -0.3 is 15.8 Å². The molecular weight excluding hydrogens is 503 g/mol. The van der Waals surface area contributed by atoms with Gasteiger partial charge in [0, 0.05) is 11.8 Å². The number of aryl methyl sites for hydroxylation is 2. The second-order valence-electron chi connectivity index (χ2n) is 6.30. The van der Waals surface area contributed by atoms with Crippen LogP contribution in [0.5, 0.6) is 5.75 Å². The van der Waals surface area contributed by atoms with E-state index in [0.29, 0.717) is 30.5 Å². The lowest BCUT2D eigenvalue weighted by atomic mass is 10.0. The Balaban J connectivity index is 0.00000420. The standard InChI is InChI=1S/C20H28N4O3S.HI/c1-4-15-8-6-9-16(5-2)19(15)23-20(21)22-12-13-27-18-11-7-10-17(14-18)24-28(3,25)26;/h6-11,14,24H,4-5,12-13H2,1-3H3,(H3,21,22,23);1H. The summed E-state index contributed by atoms with van der Waals surface area (Å²) in [7, 11) is -3.32. The van der Waals surface area contributed by atoms with E-state index < -0.39 is 10.0 Å². The summed E-state index contributed by atoms with van der Waals surface area (Å²) >= 11 is 0. The summed E-state index contributed by atoms with van der Waals surface area (Å²) in [6, 6.07) is 13.0. The van der Waals surface area contributed by atoms with Gasteiger partial charge in [-0.2, -0.15) is 0 Å².